The first-order chi connectivity index (χ1) is 42.8. The van der Waals surface area contributed by atoms with Crippen molar-refractivity contribution in [3.8, 4) is 0 Å². The number of carbonyl (C=O) groups excluding carboxylic acids is 11. The molecule has 33 heteroatoms. The van der Waals surface area contributed by atoms with E-state index < -0.39 is 188 Å². The number of nitrogens with one attached hydrogen (secondary N) is 10. The maximum Gasteiger partial charge on any atom is 0.335 e. The largest absolute Gasteiger partial charge is 0.479 e. The number of amides is 10. The van der Waals surface area contributed by atoms with Crippen molar-refractivity contribution in [3.05, 3.63) is 11.8 Å². The summed E-state index contributed by atoms with van der Waals surface area (Å²) in [5.41, 5.74) is 16.7. The summed E-state index contributed by atoms with van der Waals surface area (Å²) in [6.45, 7) is 8.18. The molecule has 0 radical (unpaired) electrons. The van der Waals surface area contributed by atoms with Crippen LogP contribution in [0.25, 0.3) is 0 Å². The van der Waals surface area contributed by atoms with E-state index in [-0.39, 0.29) is 51.9 Å². The number of hydrogen-bond acceptors (Lipinski definition) is 21. The maximum atomic E-state index is 14.5. The molecule has 1 rings (SSSR count). The Hall–Kier alpha value is -6.65. The summed E-state index contributed by atoms with van der Waals surface area (Å²) in [7, 11) is 0. The van der Waals surface area contributed by atoms with Gasteiger partial charge in [0.25, 0.3) is 5.91 Å². The number of aliphatic hydroxyl groups excluding tert-OH is 4. The summed E-state index contributed by atoms with van der Waals surface area (Å²) in [6, 6.07) is -15.6. The normalized spacial score (nSPS) is 23.6. The van der Waals surface area contributed by atoms with Crippen molar-refractivity contribution >= 4 is 82.6 Å². The number of allylic oxidation sites excluding steroid dienone is 1. The van der Waals surface area contributed by atoms with Gasteiger partial charge in [-0.1, -0.05) is 84.6 Å². The van der Waals surface area contributed by atoms with Crippen molar-refractivity contribution in [2.75, 3.05) is 58.3 Å². The molecule has 0 spiro atoms. The summed E-state index contributed by atoms with van der Waals surface area (Å²) >= 11 is 5.94. The molecule has 0 bridgehead atoms. The fourth-order valence-electron chi connectivity index (χ4n) is 9.20. The maximum absolute atomic E-state index is 14.5. The molecule has 1 aliphatic rings. The number of alkyl halides is 1. The van der Waals surface area contributed by atoms with E-state index in [1.54, 1.807) is 0 Å². The van der Waals surface area contributed by atoms with Gasteiger partial charge in [-0.3, -0.25) is 47.9 Å². The van der Waals surface area contributed by atoms with Crippen LogP contribution in [0.15, 0.2) is 11.8 Å². The molecular formula is C57H101ClN14O18. The number of carboxylic acids is 1. The van der Waals surface area contributed by atoms with Crippen LogP contribution >= 0.6 is 11.6 Å². The summed E-state index contributed by atoms with van der Waals surface area (Å²) in [5.74, 6) is -16.3. The van der Waals surface area contributed by atoms with Gasteiger partial charge in [-0.25, -0.2) is 9.59 Å². The number of cyclic esters (lactones) is 1. The van der Waals surface area contributed by atoms with E-state index in [4.69, 9.17) is 33.5 Å². The second-order valence-corrected chi connectivity index (χ2v) is 22.2. The zero-order chi connectivity index (χ0) is 67.9. The second-order valence-electron chi connectivity index (χ2n) is 21.9. The SMILES string of the molecule is C/C=C1/NC(=O)C([C@H](C)O)NC(=O)[C@H](CCN)NC(=O)C([C@H](O)C(=O)O)NC(=O)C(CCCCN)NC(=O)[C@H](CC(=O)NCCN(CC)CC)NC(=O)C(CCN)NC(=O)C(NC(=O)C[C@H](O)CCCCCCCCCCC)COC(=O)C([C@H](O)CCl)NC1=O. The van der Waals surface area contributed by atoms with Crippen LogP contribution in [-0.4, -0.2) is 232 Å². The molecule has 32 nitrogen and oxygen atoms in total. The van der Waals surface area contributed by atoms with Gasteiger partial charge in [-0.2, -0.15) is 0 Å². The van der Waals surface area contributed by atoms with E-state index >= 15 is 0 Å². The number of unbranched alkanes of at least 4 members (excludes halogenated alkanes) is 9. The highest BCUT2D eigenvalue weighted by atomic mass is 35.5. The van der Waals surface area contributed by atoms with E-state index in [2.05, 4.69) is 60.1 Å². The summed E-state index contributed by atoms with van der Waals surface area (Å²) in [5, 5.41) is 76.3. The number of rotatable bonds is 33. The Morgan fingerprint density at radius 1 is 0.633 bits per heavy atom. The van der Waals surface area contributed by atoms with Crippen molar-refractivity contribution in [2.45, 2.75) is 217 Å². The molecule has 21 N–H and O–H groups in total. The molecule has 0 aromatic rings. The smallest absolute Gasteiger partial charge is 0.335 e. The topological polar surface area (TPSA) is 517 Å². The van der Waals surface area contributed by atoms with Crippen LogP contribution in [-0.2, 0) is 62.3 Å². The van der Waals surface area contributed by atoms with Crippen LogP contribution in [0.3, 0.4) is 0 Å². The Morgan fingerprint density at radius 2 is 1.16 bits per heavy atom. The number of nitrogens with two attached hydrogens (primary N) is 3. The zero-order valence-corrected chi connectivity index (χ0v) is 53.2. The van der Waals surface area contributed by atoms with Gasteiger partial charge < -0.3 is 106 Å². The minimum Gasteiger partial charge on any atom is -0.479 e. The second kappa shape index (κ2) is 45.6. The van der Waals surface area contributed by atoms with Crippen LogP contribution in [0.2, 0.25) is 0 Å². The van der Waals surface area contributed by atoms with Gasteiger partial charge in [0.2, 0.25) is 53.2 Å². The first kappa shape index (κ1) is 81.4. The van der Waals surface area contributed by atoms with Crippen LogP contribution in [0.4, 0.5) is 0 Å². The highest BCUT2D eigenvalue weighted by Gasteiger charge is 2.40. The lowest BCUT2D eigenvalue weighted by Crippen LogP contribution is -2.63. The molecular weight excluding hydrogens is 1200 g/mol. The van der Waals surface area contributed by atoms with Gasteiger partial charge in [0.1, 0.15) is 54.6 Å². The Bertz CT molecular complexity index is 2340. The van der Waals surface area contributed by atoms with E-state index in [0.717, 1.165) is 64.4 Å². The average molecular weight is 1310 g/mol. The molecule has 0 aliphatic carbocycles. The molecule has 1 fully saturated rings. The number of nitrogens with zero attached hydrogens (tertiary/aromatic N) is 1. The lowest BCUT2D eigenvalue weighted by Gasteiger charge is -2.29. The number of aliphatic carboxylic acids is 1. The number of ether oxygens (including phenoxy) is 1. The molecule has 0 aromatic carbocycles. The average Bonchev–Trinajstić information content (AvgIpc) is 1.13. The Kier molecular flexibility index (Phi) is 41.2. The van der Waals surface area contributed by atoms with E-state index in [1.807, 2.05) is 18.7 Å². The van der Waals surface area contributed by atoms with Crippen molar-refractivity contribution in [1.29, 1.82) is 0 Å². The van der Waals surface area contributed by atoms with Gasteiger partial charge in [0.05, 0.1) is 37.0 Å². The summed E-state index contributed by atoms with van der Waals surface area (Å²) in [4.78, 5) is 168. The number of carbonyl (C=O) groups is 12. The number of likely N-dealkylation sites (N-methyl/N-ethyl adjacent to an activating group) is 1. The van der Waals surface area contributed by atoms with Gasteiger partial charge in [-0.15, -0.1) is 11.6 Å². The standard InChI is InChI=1S/C57H101ClN14O18/c1-6-10-11-12-13-14-15-16-17-20-34(74)29-43(77)63-40-32-90-57(89)45(41(75)31-58)70-48(79)35(7-2)64-54(85)44(33(5)73)69-51(82)38(23-26-61)67-55(86)46(47(78)56(87)88)71-50(81)36(21-18-19-24-59)65-52(83)39(30-42(76)62-27-28-72(8-3)9-4)68-49(80)37(22-25-60)66-53(40)84/h7,33-34,36-41,44-47,73-75,78H,6,8-32,59-61H2,1-5H3,(H,62,76)(H,63,77)(H,64,85)(H,65,83)(H,66,84)(H,67,86)(H,68,80)(H,69,82)(H,70,79)(H,71,81)(H,87,88)/b35-7+/t33-,34+,36?,37?,38-,39-,40?,41+,44?,45?,46?,47-/m0/s1. The fourth-order valence-corrected chi connectivity index (χ4v) is 9.38. The highest BCUT2D eigenvalue weighted by Crippen LogP contribution is 2.14. The lowest BCUT2D eigenvalue weighted by atomic mass is 10.0. The Balaban J connectivity index is 4.14. The van der Waals surface area contributed by atoms with Crippen molar-refractivity contribution in [2.24, 2.45) is 17.2 Å². The van der Waals surface area contributed by atoms with Gasteiger partial charge in [0, 0.05) is 13.1 Å². The van der Waals surface area contributed by atoms with Crippen LogP contribution in [0.5, 0.6) is 0 Å². The molecule has 12 atom stereocenters. The fraction of sp³-hybridized carbons (Fsp3) is 0.754. The first-order valence-electron chi connectivity index (χ1n) is 30.9. The molecule has 1 saturated heterocycles. The molecule has 90 heavy (non-hydrogen) atoms. The number of carboxylic acid groups (broad SMARTS) is 1. The van der Waals surface area contributed by atoms with E-state index in [0.29, 0.717) is 26.1 Å². The number of aliphatic hydroxyl groups is 4. The number of halogens is 1. The highest BCUT2D eigenvalue weighted by molar-refractivity contribution is 6.18. The van der Waals surface area contributed by atoms with Crippen molar-refractivity contribution in [3.63, 3.8) is 0 Å². The third kappa shape index (κ3) is 30.9. The predicted molar refractivity (Wildman–Crippen MR) is 328 cm³/mol. The zero-order valence-electron chi connectivity index (χ0n) is 52.5. The molecule has 0 aromatic heterocycles. The molecule has 0 saturated carbocycles. The molecule has 514 valence electrons. The predicted octanol–water partition coefficient (Wildman–Crippen LogP) is -4.79. The monoisotopic (exact) mass is 1300 g/mol. The van der Waals surface area contributed by atoms with Gasteiger partial charge in [-0.05, 0) is 85.1 Å². The summed E-state index contributed by atoms with van der Waals surface area (Å²) < 4.78 is 5.41. The summed E-state index contributed by atoms with van der Waals surface area (Å²) in [6.07, 6.45) is 0.194. The Morgan fingerprint density at radius 3 is 1.69 bits per heavy atom. The van der Waals surface area contributed by atoms with Crippen LogP contribution < -0.4 is 70.4 Å². The van der Waals surface area contributed by atoms with Crippen LogP contribution in [0.1, 0.15) is 144 Å². The minimum atomic E-state index is -2.75. The third-order valence-electron chi connectivity index (χ3n) is 14.6. The quantitative estimate of drug-likeness (QED) is 0.0127. The van der Waals surface area contributed by atoms with Gasteiger partial charge in [0.15, 0.2) is 12.1 Å². The molecule has 1 heterocycles. The lowest BCUT2D eigenvalue weighted by molar-refractivity contribution is -0.153. The molecule has 6 unspecified atom stereocenters. The van der Waals surface area contributed by atoms with Crippen molar-refractivity contribution < 1.29 is 87.8 Å². The molecule has 10 amide bonds. The third-order valence-corrected chi connectivity index (χ3v) is 14.9. The number of hydrogen-bond donors (Lipinski definition) is 18. The molecule has 1 aliphatic heterocycles. The Labute approximate surface area is 530 Å². The number of esters is 1. The van der Waals surface area contributed by atoms with E-state index in [1.165, 1.54) is 6.92 Å². The van der Waals surface area contributed by atoms with Crippen LogP contribution in [0, 0.1) is 0 Å². The van der Waals surface area contributed by atoms with Gasteiger partial charge >= 0.3 is 11.9 Å². The van der Waals surface area contributed by atoms with Crippen molar-refractivity contribution in [1.82, 2.24) is 58.1 Å². The first-order valence-corrected chi connectivity index (χ1v) is 31.5. The minimum absolute atomic E-state index is 0.0706. The van der Waals surface area contributed by atoms with E-state index in [9.17, 15) is 83.1 Å².